The standard InChI is InChI=1S/C14H23F3N2O2/c1-5-13(4)12(21)18-10(9(2)3)11(20)19(13)8-6-7-14(15,16)17/h9-10H,5-8H2,1-4H3,(H,18,21). The summed E-state index contributed by atoms with van der Waals surface area (Å²) in [5, 5.41) is 2.69. The normalized spacial score (nSPS) is 27.2. The van der Waals surface area contributed by atoms with E-state index in [0.29, 0.717) is 6.42 Å². The quantitative estimate of drug-likeness (QED) is 0.848. The van der Waals surface area contributed by atoms with Gasteiger partial charge in [-0.05, 0) is 25.7 Å². The van der Waals surface area contributed by atoms with Crippen LogP contribution in [0.15, 0.2) is 0 Å². The Morgan fingerprint density at radius 1 is 1.33 bits per heavy atom. The van der Waals surface area contributed by atoms with Crippen molar-refractivity contribution in [3.63, 3.8) is 0 Å². The lowest BCUT2D eigenvalue weighted by Gasteiger charge is -2.47. The molecule has 4 nitrogen and oxygen atoms in total. The molecule has 1 saturated heterocycles. The Bertz CT molecular complexity index is 410. The van der Waals surface area contributed by atoms with Crippen LogP contribution in [0.3, 0.4) is 0 Å². The first-order valence-electron chi connectivity index (χ1n) is 7.22. The average molecular weight is 308 g/mol. The van der Waals surface area contributed by atoms with E-state index in [0.717, 1.165) is 0 Å². The molecule has 1 fully saturated rings. The van der Waals surface area contributed by atoms with Crippen LogP contribution in [0.4, 0.5) is 13.2 Å². The number of rotatable bonds is 5. The molecule has 21 heavy (non-hydrogen) atoms. The minimum absolute atomic E-state index is 0.0562. The molecule has 122 valence electrons. The Kier molecular flexibility index (Phi) is 5.28. The molecule has 0 saturated carbocycles. The number of hydrogen-bond donors (Lipinski definition) is 1. The predicted molar refractivity (Wildman–Crippen MR) is 72.5 cm³/mol. The Labute approximate surface area is 123 Å². The molecule has 0 aromatic carbocycles. The van der Waals surface area contributed by atoms with E-state index in [-0.39, 0.29) is 30.7 Å². The van der Waals surface area contributed by atoms with E-state index in [1.165, 1.54) is 4.90 Å². The third-order valence-corrected chi connectivity index (χ3v) is 4.10. The Morgan fingerprint density at radius 3 is 2.33 bits per heavy atom. The Morgan fingerprint density at radius 2 is 1.90 bits per heavy atom. The lowest BCUT2D eigenvalue weighted by molar-refractivity contribution is -0.160. The zero-order valence-corrected chi connectivity index (χ0v) is 12.9. The first-order valence-corrected chi connectivity index (χ1v) is 7.22. The van der Waals surface area contributed by atoms with Crippen molar-refractivity contribution in [3.05, 3.63) is 0 Å². The highest BCUT2D eigenvalue weighted by molar-refractivity contribution is 5.99. The molecule has 0 aromatic rings. The van der Waals surface area contributed by atoms with Crippen LogP contribution in [0, 0.1) is 5.92 Å². The van der Waals surface area contributed by atoms with Crippen LogP contribution >= 0.6 is 0 Å². The van der Waals surface area contributed by atoms with Crippen LogP contribution in [0.5, 0.6) is 0 Å². The molecule has 2 atom stereocenters. The highest BCUT2D eigenvalue weighted by Crippen LogP contribution is 2.29. The van der Waals surface area contributed by atoms with Crippen LogP contribution in [-0.2, 0) is 9.59 Å². The second kappa shape index (κ2) is 6.23. The smallest absolute Gasteiger partial charge is 0.342 e. The number of nitrogens with zero attached hydrogens (tertiary/aromatic N) is 1. The maximum Gasteiger partial charge on any atom is 0.389 e. The predicted octanol–water partition coefficient (Wildman–Crippen LogP) is 2.48. The summed E-state index contributed by atoms with van der Waals surface area (Å²) >= 11 is 0. The van der Waals surface area contributed by atoms with Crippen LogP contribution < -0.4 is 5.32 Å². The van der Waals surface area contributed by atoms with Gasteiger partial charge in [-0.15, -0.1) is 0 Å². The van der Waals surface area contributed by atoms with Crippen molar-refractivity contribution >= 4 is 11.8 Å². The fraction of sp³-hybridized carbons (Fsp3) is 0.857. The molecule has 2 amide bonds. The van der Waals surface area contributed by atoms with E-state index >= 15 is 0 Å². The van der Waals surface area contributed by atoms with E-state index in [9.17, 15) is 22.8 Å². The molecule has 0 spiro atoms. The van der Waals surface area contributed by atoms with E-state index in [1.54, 1.807) is 27.7 Å². The molecule has 1 rings (SSSR count). The maximum atomic E-state index is 12.5. The Hall–Kier alpha value is -1.27. The number of carbonyl (C=O) groups is 2. The van der Waals surface area contributed by atoms with Crippen LogP contribution in [0.1, 0.15) is 47.0 Å². The van der Waals surface area contributed by atoms with Crippen molar-refractivity contribution < 1.29 is 22.8 Å². The number of alkyl halides is 3. The van der Waals surface area contributed by atoms with E-state index in [2.05, 4.69) is 5.32 Å². The molecule has 1 N–H and O–H groups in total. The fourth-order valence-corrected chi connectivity index (χ4v) is 2.49. The van der Waals surface area contributed by atoms with Gasteiger partial charge in [0, 0.05) is 13.0 Å². The number of nitrogens with one attached hydrogen (secondary N) is 1. The molecule has 1 aliphatic heterocycles. The van der Waals surface area contributed by atoms with Crippen LogP contribution in [0.2, 0.25) is 0 Å². The van der Waals surface area contributed by atoms with Crippen LogP contribution in [0.25, 0.3) is 0 Å². The first-order chi connectivity index (χ1) is 9.53. The van der Waals surface area contributed by atoms with Gasteiger partial charge in [-0.3, -0.25) is 9.59 Å². The summed E-state index contributed by atoms with van der Waals surface area (Å²) in [5.41, 5.74) is -1.08. The lowest BCUT2D eigenvalue weighted by atomic mass is 9.87. The largest absolute Gasteiger partial charge is 0.389 e. The van der Waals surface area contributed by atoms with E-state index < -0.39 is 24.2 Å². The molecule has 0 aliphatic carbocycles. The van der Waals surface area contributed by atoms with Gasteiger partial charge in [0.2, 0.25) is 11.8 Å². The zero-order chi connectivity index (χ0) is 16.4. The molecular weight excluding hydrogens is 285 g/mol. The van der Waals surface area contributed by atoms with Gasteiger partial charge in [0.05, 0.1) is 0 Å². The molecule has 0 radical (unpaired) electrons. The molecule has 2 unspecified atom stereocenters. The van der Waals surface area contributed by atoms with Crippen molar-refractivity contribution in [2.45, 2.75) is 64.7 Å². The SMILES string of the molecule is CCC1(C)C(=O)NC(C(C)C)C(=O)N1CCCC(F)(F)F. The van der Waals surface area contributed by atoms with Gasteiger partial charge in [0.25, 0.3) is 0 Å². The maximum absolute atomic E-state index is 12.5. The molecular formula is C14H23F3N2O2. The Balaban J connectivity index is 2.91. The van der Waals surface area contributed by atoms with Crippen molar-refractivity contribution in [1.29, 1.82) is 0 Å². The molecule has 1 heterocycles. The summed E-state index contributed by atoms with van der Waals surface area (Å²) in [6.45, 7) is 6.89. The molecule has 7 heteroatoms. The zero-order valence-electron chi connectivity index (χ0n) is 12.9. The molecule has 0 aromatic heterocycles. The van der Waals surface area contributed by atoms with Crippen LogP contribution in [-0.4, -0.2) is 41.0 Å². The van der Waals surface area contributed by atoms with Gasteiger partial charge < -0.3 is 10.2 Å². The first kappa shape index (κ1) is 17.8. The number of piperazine rings is 1. The minimum atomic E-state index is -4.25. The third kappa shape index (κ3) is 3.89. The fourth-order valence-electron chi connectivity index (χ4n) is 2.49. The summed E-state index contributed by atoms with van der Waals surface area (Å²) < 4.78 is 36.8. The third-order valence-electron chi connectivity index (χ3n) is 4.10. The average Bonchev–Trinajstić information content (AvgIpc) is 2.36. The summed E-state index contributed by atoms with van der Waals surface area (Å²) in [6.07, 6.45) is -5.03. The molecule has 0 bridgehead atoms. The number of halogens is 3. The topological polar surface area (TPSA) is 49.4 Å². The van der Waals surface area contributed by atoms with Crippen molar-refractivity contribution in [1.82, 2.24) is 10.2 Å². The highest BCUT2D eigenvalue weighted by atomic mass is 19.4. The van der Waals surface area contributed by atoms with Gasteiger partial charge in [-0.1, -0.05) is 20.8 Å². The minimum Gasteiger partial charge on any atom is -0.342 e. The lowest BCUT2D eigenvalue weighted by Crippen LogP contribution is -2.70. The highest BCUT2D eigenvalue weighted by Gasteiger charge is 2.48. The monoisotopic (exact) mass is 308 g/mol. The van der Waals surface area contributed by atoms with Gasteiger partial charge in [-0.2, -0.15) is 13.2 Å². The number of carbonyl (C=O) groups excluding carboxylic acids is 2. The number of amides is 2. The van der Waals surface area contributed by atoms with Gasteiger partial charge in [0.1, 0.15) is 11.6 Å². The number of hydrogen-bond acceptors (Lipinski definition) is 2. The van der Waals surface area contributed by atoms with Crippen molar-refractivity contribution in [2.24, 2.45) is 5.92 Å². The summed E-state index contributed by atoms with van der Waals surface area (Å²) in [5.74, 6) is -0.695. The summed E-state index contributed by atoms with van der Waals surface area (Å²) in [4.78, 5) is 26.0. The van der Waals surface area contributed by atoms with Gasteiger partial charge >= 0.3 is 6.18 Å². The van der Waals surface area contributed by atoms with E-state index in [1.807, 2.05) is 0 Å². The second-order valence-electron chi connectivity index (χ2n) is 6.03. The van der Waals surface area contributed by atoms with Gasteiger partial charge in [-0.25, -0.2) is 0 Å². The second-order valence-corrected chi connectivity index (χ2v) is 6.03. The van der Waals surface area contributed by atoms with E-state index in [4.69, 9.17) is 0 Å². The molecule has 1 aliphatic rings. The summed E-state index contributed by atoms with van der Waals surface area (Å²) in [6, 6.07) is -0.664. The van der Waals surface area contributed by atoms with Gasteiger partial charge in [0.15, 0.2) is 0 Å². The summed E-state index contributed by atoms with van der Waals surface area (Å²) in [7, 11) is 0. The van der Waals surface area contributed by atoms with Crippen molar-refractivity contribution in [2.75, 3.05) is 6.54 Å². The van der Waals surface area contributed by atoms with Crippen molar-refractivity contribution in [3.8, 4) is 0 Å².